The van der Waals surface area contributed by atoms with Crippen LogP contribution in [0, 0.1) is 0 Å². The van der Waals surface area contributed by atoms with E-state index in [9.17, 15) is 4.79 Å². The summed E-state index contributed by atoms with van der Waals surface area (Å²) in [4.78, 5) is 17.8. The minimum absolute atomic E-state index is 0.142. The van der Waals surface area contributed by atoms with Gasteiger partial charge in [-0.1, -0.05) is 18.5 Å². The van der Waals surface area contributed by atoms with E-state index in [4.69, 9.17) is 11.6 Å². The topological polar surface area (TPSA) is 35.6 Å². The van der Waals surface area contributed by atoms with E-state index in [1.165, 1.54) is 4.88 Å². The van der Waals surface area contributed by atoms with Crippen molar-refractivity contribution >= 4 is 28.8 Å². The highest BCUT2D eigenvalue weighted by molar-refractivity contribution is 7.16. The number of hydrogen-bond acceptors (Lipinski definition) is 4. The van der Waals surface area contributed by atoms with Crippen molar-refractivity contribution in [3.8, 4) is 0 Å². The first kappa shape index (κ1) is 16.7. The zero-order chi connectivity index (χ0) is 15.2. The van der Waals surface area contributed by atoms with Crippen molar-refractivity contribution in [1.82, 2.24) is 15.1 Å². The molecule has 6 heteroatoms. The number of amides is 1. The Hall–Kier alpha value is -0.620. The van der Waals surface area contributed by atoms with Crippen LogP contribution in [0.2, 0.25) is 4.34 Å². The zero-order valence-corrected chi connectivity index (χ0v) is 14.3. The molecule has 21 heavy (non-hydrogen) atoms. The van der Waals surface area contributed by atoms with Crippen molar-refractivity contribution in [2.45, 2.75) is 32.9 Å². The van der Waals surface area contributed by atoms with Crippen LogP contribution in [0.1, 0.15) is 25.1 Å². The average molecular weight is 330 g/mol. The van der Waals surface area contributed by atoms with Crippen LogP contribution in [0.5, 0.6) is 0 Å². The number of nitrogens with zero attached hydrogens (tertiary/aromatic N) is 2. The first-order valence-electron chi connectivity index (χ1n) is 7.55. The molecule has 1 fully saturated rings. The van der Waals surface area contributed by atoms with Crippen LogP contribution in [0.15, 0.2) is 12.1 Å². The lowest BCUT2D eigenvalue weighted by Crippen LogP contribution is -2.49. The molecule has 1 aromatic heterocycles. The second-order valence-electron chi connectivity index (χ2n) is 5.63. The van der Waals surface area contributed by atoms with Gasteiger partial charge in [-0.15, -0.1) is 11.3 Å². The monoisotopic (exact) mass is 329 g/mol. The Morgan fingerprint density at radius 1 is 1.33 bits per heavy atom. The van der Waals surface area contributed by atoms with Crippen LogP contribution in [-0.2, 0) is 11.3 Å². The number of hydrogen-bond donors (Lipinski definition) is 1. The van der Waals surface area contributed by atoms with Crippen LogP contribution >= 0.6 is 22.9 Å². The van der Waals surface area contributed by atoms with E-state index < -0.39 is 0 Å². The molecule has 1 N–H and O–H groups in total. The van der Waals surface area contributed by atoms with E-state index in [0.717, 1.165) is 43.5 Å². The SMILES string of the molecule is CCC(C)NC(=O)CN1CCN(Cc2ccc(Cl)s2)CC1. The van der Waals surface area contributed by atoms with Crippen molar-refractivity contribution in [3.05, 3.63) is 21.3 Å². The fraction of sp³-hybridized carbons (Fsp3) is 0.667. The van der Waals surface area contributed by atoms with Crippen molar-refractivity contribution in [1.29, 1.82) is 0 Å². The van der Waals surface area contributed by atoms with Crippen molar-refractivity contribution in [2.75, 3.05) is 32.7 Å². The van der Waals surface area contributed by atoms with Gasteiger partial charge < -0.3 is 5.32 Å². The molecule has 0 saturated carbocycles. The van der Waals surface area contributed by atoms with Gasteiger partial charge in [-0.25, -0.2) is 0 Å². The van der Waals surface area contributed by atoms with E-state index in [2.05, 4.69) is 28.1 Å². The lowest BCUT2D eigenvalue weighted by Gasteiger charge is -2.34. The van der Waals surface area contributed by atoms with Gasteiger partial charge in [-0.05, 0) is 25.5 Å². The van der Waals surface area contributed by atoms with Crippen LogP contribution < -0.4 is 5.32 Å². The normalized spacial score (nSPS) is 18.6. The minimum Gasteiger partial charge on any atom is -0.353 e. The first-order chi connectivity index (χ1) is 10.1. The van der Waals surface area contributed by atoms with Crippen molar-refractivity contribution < 1.29 is 4.79 Å². The molecule has 0 aliphatic carbocycles. The Balaban J connectivity index is 1.69. The second kappa shape index (κ2) is 8.13. The van der Waals surface area contributed by atoms with Crippen LogP contribution in [0.3, 0.4) is 0 Å². The molecule has 1 amide bonds. The van der Waals surface area contributed by atoms with Gasteiger partial charge in [0.1, 0.15) is 0 Å². The number of carbonyl (C=O) groups is 1. The molecule has 2 rings (SSSR count). The van der Waals surface area contributed by atoms with Gasteiger partial charge in [-0.3, -0.25) is 14.6 Å². The minimum atomic E-state index is 0.142. The standard InChI is InChI=1S/C15H24ClN3OS/c1-3-12(2)17-15(20)11-19-8-6-18(7-9-19)10-13-4-5-14(16)21-13/h4-5,12H,3,6-11H2,1-2H3,(H,17,20). The van der Waals surface area contributed by atoms with E-state index >= 15 is 0 Å². The highest BCUT2D eigenvalue weighted by Gasteiger charge is 2.19. The van der Waals surface area contributed by atoms with Crippen LogP contribution in [-0.4, -0.2) is 54.5 Å². The van der Waals surface area contributed by atoms with Crippen molar-refractivity contribution in [2.24, 2.45) is 0 Å². The molecule has 1 aliphatic rings. The summed E-state index contributed by atoms with van der Waals surface area (Å²) in [5.41, 5.74) is 0. The molecule has 2 heterocycles. The Morgan fingerprint density at radius 3 is 2.57 bits per heavy atom. The third-order valence-corrected chi connectivity index (χ3v) is 5.08. The molecule has 1 aromatic rings. The predicted octanol–water partition coefficient (Wildman–Crippen LogP) is 2.43. The molecular formula is C15H24ClN3OS. The predicted molar refractivity (Wildman–Crippen MR) is 88.9 cm³/mol. The zero-order valence-electron chi connectivity index (χ0n) is 12.8. The summed E-state index contributed by atoms with van der Waals surface area (Å²) in [5, 5.41) is 3.02. The Kier molecular flexibility index (Phi) is 6.48. The fourth-order valence-electron chi connectivity index (χ4n) is 2.39. The Bertz CT molecular complexity index is 458. The van der Waals surface area contributed by atoms with Gasteiger partial charge in [0.2, 0.25) is 5.91 Å². The second-order valence-corrected chi connectivity index (χ2v) is 7.43. The lowest BCUT2D eigenvalue weighted by atomic mass is 10.2. The van der Waals surface area contributed by atoms with Gasteiger partial charge in [0.25, 0.3) is 0 Å². The molecular weight excluding hydrogens is 306 g/mol. The number of nitrogens with one attached hydrogen (secondary N) is 1. The summed E-state index contributed by atoms with van der Waals surface area (Å²) in [5.74, 6) is 0.142. The Morgan fingerprint density at radius 2 is 2.00 bits per heavy atom. The molecule has 0 radical (unpaired) electrons. The van der Waals surface area contributed by atoms with Gasteiger partial charge >= 0.3 is 0 Å². The number of halogens is 1. The van der Waals surface area contributed by atoms with E-state index in [1.807, 2.05) is 13.0 Å². The number of carbonyl (C=O) groups excluding carboxylic acids is 1. The quantitative estimate of drug-likeness (QED) is 0.870. The Labute approximate surface area is 136 Å². The summed E-state index contributed by atoms with van der Waals surface area (Å²) >= 11 is 7.61. The smallest absolute Gasteiger partial charge is 0.234 e. The van der Waals surface area contributed by atoms with Crippen LogP contribution in [0.4, 0.5) is 0 Å². The van der Waals surface area contributed by atoms with Gasteiger partial charge in [0.05, 0.1) is 10.9 Å². The number of piperazine rings is 1. The lowest BCUT2D eigenvalue weighted by molar-refractivity contribution is -0.123. The molecule has 1 unspecified atom stereocenters. The highest BCUT2D eigenvalue weighted by atomic mass is 35.5. The summed E-state index contributed by atoms with van der Waals surface area (Å²) in [7, 11) is 0. The number of rotatable bonds is 6. The van der Waals surface area contributed by atoms with Gasteiger partial charge in [-0.2, -0.15) is 0 Å². The maximum Gasteiger partial charge on any atom is 0.234 e. The third-order valence-electron chi connectivity index (χ3n) is 3.86. The van der Waals surface area contributed by atoms with Crippen molar-refractivity contribution in [3.63, 3.8) is 0 Å². The maximum absolute atomic E-state index is 11.9. The number of thiophene rings is 1. The molecule has 1 atom stereocenters. The van der Waals surface area contributed by atoms with E-state index in [1.54, 1.807) is 11.3 Å². The molecule has 0 spiro atoms. The summed E-state index contributed by atoms with van der Waals surface area (Å²) in [6.45, 7) is 9.52. The average Bonchev–Trinajstić information content (AvgIpc) is 2.86. The molecule has 1 saturated heterocycles. The third kappa shape index (κ3) is 5.58. The van der Waals surface area contributed by atoms with Gasteiger partial charge in [0.15, 0.2) is 0 Å². The summed E-state index contributed by atoms with van der Waals surface area (Å²) in [6, 6.07) is 4.32. The summed E-state index contributed by atoms with van der Waals surface area (Å²) in [6.07, 6.45) is 0.975. The first-order valence-corrected chi connectivity index (χ1v) is 8.74. The summed E-state index contributed by atoms with van der Waals surface area (Å²) < 4.78 is 0.852. The molecule has 118 valence electrons. The largest absolute Gasteiger partial charge is 0.353 e. The molecule has 4 nitrogen and oxygen atoms in total. The molecule has 0 aromatic carbocycles. The fourth-order valence-corrected chi connectivity index (χ4v) is 3.52. The molecule has 1 aliphatic heterocycles. The van der Waals surface area contributed by atoms with E-state index in [-0.39, 0.29) is 11.9 Å². The molecule has 0 bridgehead atoms. The van der Waals surface area contributed by atoms with Crippen LogP contribution in [0.25, 0.3) is 0 Å². The van der Waals surface area contributed by atoms with E-state index in [0.29, 0.717) is 6.54 Å². The van der Waals surface area contributed by atoms with Gasteiger partial charge in [0, 0.05) is 43.6 Å². The maximum atomic E-state index is 11.9. The highest BCUT2D eigenvalue weighted by Crippen LogP contribution is 2.23.